The Kier molecular flexibility index (Phi) is 2.74. The summed E-state index contributed by atoms with van der Waals surface area (Å²) in [6, 6.07) is 2.20. The average Bonchev–Trinajstić information content (AvgIpc) is 1.98. The molecule has 0 aliphatic heterocycles. The molecule has 0 heterocycles. The maximum atomic E-state index is 12.9. The van der Waals surface area contributed by atoms with Crippen molar-refractivity contribution < 1.29 is 12.8 Å². The van der Waals surface area contributed by atoms with Crippen molar-refractivity contribution in [3.05, 3.63) is 28.0 Å². The third-order valence-corrected chi connectivity index (χ3v) is 3.83. The molecular formula is C7H7BrFNO2S. The number of hydrogen-bond acceptors (Lipinski definition) is 2. The van der Waals surface area contributed by atoms with Crippen LogP contribution < -0.4 is 5.14 Å². The minimum absolute atomic E-state index is 0.105. The Labute approximate surface area is 83.9 Å². The Morgan fingerprint density at radius 2 is 2.00 bits per heavy atom. The standard InChI is InChI=1S/C7H7BrFNO2S/c1-4-5(9)2-3-6(7(4)8)13(10,11)12/h2-3H,1H3,(H2,10,11,12). The molecule has 1 aromatic carbocycles. The third-order valence-electron chi connectivity index (χ3n) is 1.59. The predicted molar refractivity (Wildman–Crippen MR) is 50.2 cm³/mol. The molecule has 1 aromatic rings. The van der Waals surface area contributed by atoms with Crippen LogP contribution in [0.1, 0.15) is 5.56 Å². The van der Waals surface area contributed by atoms with E-state index in [2.05, 4.69) is 15.9 Å². The largest absolute Gasteiger partial charge is 0.239 e. The van der Waals surface area contributed by atoms with Crippen LogP contribution in [0.15, 0.2) is 21.5 Å². The predicted octanol–water partition coefficient (Wildman–Crippen LogP) is 1.54. The first kappa shape index (κ1) is 10.6. The minimum Gasteiger partial charge on any atom is -0.225 e. The second-order valence-electron chi connectivity index (χ2n) is 2.53. The van der Waals surface area contributed by atoms with Crippen molar-refractivity contribution in [1.82, 2.24) is 0 Å². The summed E-state index contributed by atoms with van der Waals surface area (Å²) >= 11 is 2.97. The lowest BCUT2D eigenvalue weighted by Crippen LogP contribution is -2.13. The second kappa shape index (κ2) is 3.36. The first-order chi connectivity index (χ1) is 5.84. The monoisotopic (exact) mass is 267 g/mol. The van der Waals surface area contributed by atoms with Crippen LogP contribution in [0.4, 0.5) is 4.39 Å². The number of nitrogens with two attached hydrogens (primary N) is 1. The molecule has 0 aliphatic carbocycles. The lowest BCUT2D eigenvalue weighted by atomic mass is 10.2. The minimum atomic E-state index is -3.79. The first-order valence-corrected chi connectivity index (χ1v) is 5.65. The van der Waals surface area contributed by atoms with Crippen molar-refractivity contribution in [2.24, 2.45) is 5.14 Å². The van der Waals surface area contributed by atoms with Gasteiger partial charge >= 0.3 is 0 Å². The summed E-state index contributed by atoms with van der Waals surface area (Å²) in [5.74, 6) is -0.473. The SMILES string of the molecule is Cc1c(F)ccc(S(N)(=O)=O)c1Br. The molecule has 13 heavy (non-hydrogen) atoms. The summed E-state index contributed by atoms with van der Waals surface area (Å²) in [7, 11) is -3.79. The molecule has 0 saturated heterocycles. The summed E-state index contributed by atoms with van der Waals surface area (Å²) in [5, 5.41) is 4.90. The molecule has 3 nitrogen and oxygen atoms in total. The zero-order chi connectivity index (χ0) is 10.2. The molecule has 0 radical (unpaired) electrons. The van der Waals surface area contributed by atoms with E-state index in [4.69, 9.17) is 5.14 Å². The summed E-state index contributed by atoms with van der Waals surface area (Å²) in [5.41, 5.74) is 0.228. The molecule has 0 saturated carbocycles. The van der Waals surface area contributed by atoms with E-state index in [0.29, 0.717) is 0 Å². The van der Waals surface area contributed by atoms with Gasteiger partial charge in [0, 0.05) is 10.0 Å². The highest BCUT2D eigenvalue weighted by Gasteiger charge is 2.15. The fourth-order valence-electron chi connectivity index (χ4n) is 0.856. The van der Waals surface area contributed by atoms with Gasteiger partial charge in [0.1, 0.15) is 5.82 Å². The van der Waals surface area contributed by atoms with E-state index < -0.39 is 15.8 Å². The molecule has 72 valence electrons. The van der Waals surface area contributed by atoms with Gasteiger partial charge in [-0.15, -0.1) is 0 Å². The molecule has 0 fully saturated rings. The Bertz CT molecular complexity index is 444. The number of benzene rings is 1. The highest BCUT2D eigenvalue weighted by atomic mass is 79.9. The van der Waals surface area contributed by atoms with E-state index >= 15 is 0 Å². The van der Waals surface area contributed by atoms with Gasteiger partial charge in [0.2, 0.25) is 10.0 Å². The molecule has 2 N–H and O–H groups in total. The van der Waals surface area contributed by atoms with E-state index in [-0.39, 0.29) is 14.9 Å². The Hall–Kier alpha value is -0.460. The van der Waals surface area contributed by atoms with Crippen molar-refractivity contribution in [2.45, 2.75) is 11.8 Å². The van der Waals surface area contributed by atoms with Crippen molar-refractivity contribution in [3.63, 3.8) is 0 Å². The molecular weight excluding hydrogens is 261 g/mol. The molecule has 6 heteroatoms. The van der Waals surface area contributed by atoms with Crippen molar-refractivity contribution in [2.75, 3.05) is 0 Å². The van der Waals surface area contributed by atoms with E-state index in [1.54, 1.807) is 0 Å². The lowest BCUT2D eigenvalue weighted by molar-refractivity contribution is 0.594. The van der Waals surface area contributed by atoms with Gasteiger partial charge in [-0.2, -0.15) is 0 Å². The molecule has 0 aromatic heterocycles. The summed E-state index contributed by atoms with van der Waals surface area (Å²) in [4.78, 5) is -0.105. The molecule has 0 spiro atoms. The van der Waals surface area contributed by atoms with Crippen LogP contribution in [-0.2, 0) is 10.0 Å². The van der Waals surface area contributed by atoms with Crippen LogP contribution in [0, 0.1) is 12.7 Å². The molecule has 0 aliphatic rings. The van der Waals surface area contributed by atoms with Gasteiger partial charge in [0.15, 0.2) is 0 Å². The molecule has 0 unspecified atom stereocenters. The maximum Gasteiger partial charge on any atom is 0.239 e. The van der Waals surface area contributed by atoms with E-state index in [1.807, 2.05) is 0 Å². The fraction of sp³-hybridized carbons (Fsp3) is 0.143. The van der Waals surface area contributed by atoms with Crippen LogP contribution in [0.25, 0.3) is 0 Å². The van der Waals surface area contributed by atoms with Crippen LogP contribution in [0.2, 0.25) is 0 Å². The maximum absolute atomic E-state index is 12.9. The topological polar surface area (TPSA) is 60.2 Å². The van der Waals surface area contributed by atoms with Gasteiger partial charge < -0.3 is 0 Å². The highest BCUT2D eigenvalue weighted by Crippen LogP contribution is 2.26. The van der Waals surface area contributed by atoms with Gasteiger partial charge in [-0.1, -0.05) is 0 Å². The van der Waals surface area contributed by atoms with Crippen LogP contribution >= 0.6 is 15.9 Å². The summed E-state index contributed by atoms with van der Waals surface area (Å²) in [6.07, 6.45) is 0. The molecule has 0 bridgehead atoms. The van der Waals surface area contributed by atoms with Crippen molar-refractivity contribution in [3.8, 4) is 0 Å². The van der Waals surface area contributed by atoms with E-state index in [9.17, 15) is 12.8 Å². The van der Waals surface area contributed by atoms with Gasteiger partial charge in [-0.3, -0.25) is 0 Å². The molecule has 0 atom stereocenters. The van der Waals surface area contributed by atoms with Crippen LogP contribution in [0.3, 0.4) is 0 Å². The summed E-state index contributed by atoms with van der Waals surface area (Å²) < 4.78 is 34.9. The average molecular weight is 268 g/mol. The Balaban J connectivity index is 3.53. The number of sulfonamides is 1. The third kappa shape index (κ3) is 2.07. The van der Waals surface area contributed by atoms with Crippen LogP contribution in [0.5, 0.6) is 0 Å². The quantitative estimate of drug-likeness (QED) is 0.839. The zero-order valence-corrected chi connectivity index (χ0v) is 9.12. The zero-order valence-electron chi connectivity index (χ0n) is 6.71. The van der Waals surface area contributed by atoms with Crippen LogP contribution in [-0.4, -0.2) is 8.42 Å². The lowest BCUT2D eigenvalue weighted by Gasteiger charge is -2.05. The van der Waals surface area contributed by atoms with Gasteiger partial charge in [-0.05, 0) is 35.0 Å². The Morgan fingerprint density at radius 1 is 1.46 bits per heavy atom. The number of rotatable bonds is 1. The van der Waals surface area contributed by atoms with E-state index in [1.165, 1.54) is 6.92 Å². The smallest absolute Gasteiger partial charge is 0.225 e. The number of primary sulfonamides is 1. The van der Waals surface area contributed by atoms with Gasteiger partial charge in [0.25, 0.3) is 0 Å². The molecule has 1 rings (SSSR count). The van der Waals surface area contributed by atoms with Crippen molar-refractivity contribution >= 4 is 26.0 Å². The van der Waals surface area contributed by atoms with E-state index in [0.717, 1.165) is 12.1 Å². The number of halogens is 2. The Morgan fingerprint density at radius 3 is 2.46 bits per heavy atom. The molecule has 0 amide bonds. The van der Waals surface area contributed by atoms with Gasteiger partial charge in [0.05, 0.1) is 4.90 Å². The fourth-order valence-corrected chi connectivity index (χ4v) is 2.52. The van der Waals surface area contributed by atoms with Gasteiger partial charge in [-0.25, -0.2) is 17.9 Å². The summed E-state index contributed by atoms with van der Waals surface area (Å²) in [6.45, 7) is 1.47. The second-order valence-corrected chi connectivity index (χ2v) is 4.85. The first-order valence-electron chi connectivity index (χ1n) is 3.31. The number of hydrogen-bond donors (Lipinski definition) is 1. The normalized spacial score (nSPS) is 11.7. The highest BCUT2D eigenvalue weighted by molar-refractivity contribution is 9.10. The van der Waals surface area contributed by atoms with Crippen molar-refractivity contribution in [1.29, 1.82) is 0 Å².